The molecule has 3 atom stereocenters. The zero-order valence-electron chi connectivity index (χ0n) is 17.2. The molecule has 0 radical (unpaired) electrons. The predicted molar refractivity (Wildman–Crippen MR) is 106 cm³/mol. The number of hydrogen-bond acceptors (Lipinski definition) is 5. The fourth-order valence-corrected chi connectivity index (χ4v) is 5.38. The average molecular weight is 486 g/mol. The van der Waals surface area contributed by atoms with Gasteiger partial charge < -0.3 is 14.7 Å². The van der Waals surface area contributed by atoms with Gasteiger partial charge in [-0.1, -0.05) is 32.4 Å². The zero-order valence-corrected chi connectivity index (χ0v) is 18.8. The van der Waals surface area contributed by atoms with E-state index >= 15 is 0 Å². The maximum atomic E-state index is 13.1. The maximum absolute atomic E-state index is 13.1. The standard InChI is InChI=1S/C19H23ClF3NO6S/c1-10(19(21,22)23)30-11-5-6-15(13(20)7-11)31(28,29)12-8-14(16(25)26)24(9-12)17(27)18(2,3)4/h5-7,10,12,14H,8-9H2,1-4H3,(H,25,26)/t10-,12+,14-/m0/s1. The summed E-state index contributed by atoms with van der Waals surface area (Å²) in [6.45, 7) is 5.23. The maximum Gasteiger partial charge on any atom is 0.425 e. The Morgan fingerprint density at radius 3 is 2.29 bits per heavy atom. The van der Waals surface area contributed by atoms with Crippen LogP contribution in [0.5, 0.6) is 5.75 Å². The van der Waals surface area contributed by atoms with Gasteiger partial charge in [0.25, 0.3) is 0 Å². The lowest BCUT2D eigenvalue weighted by Gasteiger charge is -2.28. The second-order valence-corrected chi connectivity index (χ2v) is 11.0. The van der Waals surface area contributed by atoms with Gasteiger partial charge in [0.1, 0.15) is 11.8 Å². The molecule has 31 heavy (non-hydrogen) atoms. The first-order valence-corrected chi connectivity index (χ1v) is 11.2. The van der Waals surface area contributed by atoms with E-state index < -0.39 is 50.7 Å². The minimum Gasteiger partial charge on any atom is -0.481 e. The van der Waals surface area contributed by atoms with Crippen LogP contribution in [-0.2, 0) is 19.4 Å². The molecule has 174 valence electrons. The van der Waals surface area contributed by atoms with Crippen molar-refractivity contribution in [2.24, 2.45) is 5.41 Å². The van der Waals surface area contributed by atoms with Gasteiger partial charge in [0.15, 0.2) is 15.9 Å². The van der Waals surface area contributed by atoms with E-state index in [1.165, 1.54) is 0 Å². The Bertz CT molecular complexity index is 974. The van der Waals surface area contributed by atoms with Gasteiger partial charge in [0.05, 0.1) is 15.2 Å². The topological polar surface area (TPSA) is 101 Å². The van der Waals surface area contributed by atoms with Crippen LogP contribution in [0.1, 0.15) is 34.1 Å². The Morgan fingerprint density at radius 1 is 1.26 bits per heavy atom. The first-order valence-electron chi connectivity index (χ1n) is 9.27. The lowest BCUT2D eigenvalue weighted by molar-refractivity contribution is -0.189. The number of carbonyl (C=O) groups is 2. The number of benzene rings is 1. The number of carboxylic acid groups (broad SMARTS) is 1. The molecule has 0 spiro atoms. The van der Waals surface area contributed by atoms with Gasteiger partial charge in [0.2, 0.25) is 5.91 Å². The number of ether oxygens (including phenoxy) is 1. The molecular weight excluding hydrogens is 463 g/mol. The van der Waals surface area contributed by atoms with Crippen molar-refractivity contribution in [2.75, 3.05) is 6.54 Å². The summed E-state index contributed by atoms with van der Waals surface area (Å²) in [6, 6.07) is 1.70. The lowest BCUT2D eigenvalue weighted by atomic mass is 9.94. The highest BCUT2D eigenvalue weighted by molar-refractivity contribution is 7.92. The number of rotatable bonds is 5. The molecule has 0 saturated carbocycles. The van der Waals surface area contributed by atoms with Crippen molar-refractivity contribution in [2.45, 2.75) is 62.6 Å². The quantitative estimate of drug-likeness (QED) is 0.684. The summed E-state index contributed by atoms with van der Waals surface area (Å²) >= 11 is 6.02. The van der Waals surface area contributed by atoms with E-state index in [2.05, 4.69) is 0 Å². The number of alkyl halides is 3. The van der Waals surface area contributed by atoms with Gasteiger partial charge in [-0.25, -0.2) is 13.2 Å². The SMILES string of the molecule is C[C@H](Oc1ccc(S(=O)(=O)[C@@H]2C[C@@H](C(=O)O)N(C(=O)C(C)(C)C)C2)c(Cl)c1)C(F)(F)F. The molecule has 0 aromatic heterocycles. The molecule has 2 rings (SSSR count). The molecule has 7 nitrogen and oxygen atoms in total. The molecule has 1 fully saturated rings. The van der Waals surface area contributed by atoms with Crippen molar-refractivity contribution in [3.63, 3.8) is 0 Å². The largest absolute Gasteiger partial charge is 0.481 e. The highest BCUT2D eigenvalue weighted by Gasteiger charge is 2.48. The Balaban J connectivity index is 2.33. The summed E-state index contributed by atoms with van der Waals surface area (Å²) in [5.41, 5.74) is -0.918. The fourth-order valence-electron chi connectivity index (χ4n) is 3.15. The van der Waals surface area contributed by atoms with Crippen molar-refractivity contribution < 1.29 is 41.0 Å². The number of hydrogen-bond donors (Lipinski definition) is 1. The molecule has 1 N–H and O–H groups in total. The summed E-state index contributed by atoms with van der Waals surface area (Å²) in [6.07, 6.45) is -7.08. The number of likely N-dealkylation sites (tertiary alicyclic amines) is 1. The van der Waals surface area contributed by atoms with Crippen LogP contribution in [0, 0.1) is 5.41 Å². The van der Waals surface area contributed by atoms with Crippen LogP contribution in [0.2, 0.25) is 5.02 Å². The summed E-state index contributed by atoms with van der Waals surface area (Å²) < 4.78 is 68.9. The zero-order chi connectivity index (χ0) is 23.9. The van der Waals surface area contributed by atoms with E-state index in [0.717, 1.165) is 30.0 Å². The van der Waals surface area contributed by atoms with Crippen LogP contribution in [0.15, 0.2) is 23.1 Å². The molecule has 1 aliphatic rings. The van der Waals surface area contributed by atoms with E-state index in [1.807, 2.05) is 0 Å². The van der Waals surface area contributed by atoms with Crippen LogP contribution in [0.25, 0.3) is 0 Å². The molecule has 1 heterocycles. The third kappa shape index (κ3) is 5.43. The van der Waals surface area contributed by atoms with E-state index in [1.54, 1.807) is 20.8 Å². The molecular formula is C19H23ClF3NO6S. The number of carboxylic acids is 1. The van der Waals surface area contributed by atoms with Crippen LogP contribution in [-0.4, -0.2) is 60.4 Å². The summed E-state index contributed by atoms with van der Waals surface area (Å²) in [5.74, 6) is -2.10. The van der Waals surface area contributed by atoms with Crippen LogP contribution < -0.4 is 4.74 Å². The molecule has 0 unspecified atom stereocenters. The summed E-state index contributed by atoms with van der Waals surface area (Å²) in [5, 5.41) is 7.87. The Kier molecular flexibility index (Phi) is 6.92. The predicted octanol–water partition coefficient (Wildman–Crippen LogP) is 3.54. The molecule has 1 aromatic rings. The van der Waals surface area contributed by atoms with Gasteiger partial charge in [-0.2, -0.15) is 13.2 Å². The van der Waals surface area contributed by atoms with Gasteiger partial charge in [-0.15, -0.1) is 0 Å². The molecule has 1 saturated heterocycles. The number of nitrogens with zero attached hydrogens (tertiary/aromatic N) is 1. The third-order valence-corrected chi connectivity index (χ3v) is 7.49. The third-order valence-electron chi connectivity index (χ3n) is 4.87. The Morgan fingerprint density at radius 2 is 1.84 bits per heavy atom. The van der Waals surface area contributed by atoms with Gasteiger partial charge in [-0.05, 0) is 25.5 Å². The highest BCUT2D eigenvalue weighted by Crippen LogP contribution is 2.36. The number of halogens is 4. The van der Waals surface area contributed by atoms with Crippen molar-refractivity contribution >= 4 is 33.3 Å². The molecule has 12 heteroatoms. The van der Waals surface area contributed by atoms with Crippen LogP contribution in [0.4, 0.5) is 13.2 Å². The minimum atomic E-state index is -4.62. The second kappa shape index (κ2) is 8.50. The van der Waals surface area contributed by atoms with Gasteiger partial charge in [0, 0.05) is 18.0 Å². The van der Waals surface area contributed by atoms with Crippen molar-refractivity contribution in [3.05, 3.63) is 23.2 Å². The molecule has 1 aromatic carbocycles. The van der Waals surface area contributed by atoms with E-state index in [0.29, 0.717) is 0 Å². The molecule has 0 bridgehead atoms. The number of carbonyl (C=O) groups excluding carboxylic acids is 1. The first kappa shape index (κ1) is 25.3. The molecule has 1 aliphatic heterocycles. The Hall–Kier alpha value is -2.01. The van der Waals surface area contributed by atoms with Crippen LogP contribution >= 0.6 is 11.6 Å². The number of amides is 1. The number of sulfone groups is 1. The van der Waals surface area contributed by atoms with E-state index in [4.69, 9.17) is 16.3 Å². The first-order chi connectivity index (χ1) is 14.0. The number of aliphatic carboxylic acids is 1. The molecule has 1 amide bonds. The van der Waals surface area contributed by atoms with Crippen molar-refractivity contribution in [1.29, 1.82) is 0 Å². The minimum absolute atomic E-state index is 0.270. The van der Waals surface area contributed by atoms with Crippen molar-refractivity contribution in [1.82, 2.24) is 4.90 Å². The van der Waals surface area contributed by atoms with E-state index in [-0.39, 0.29) is 28.6 Å². The van der Waals surface area contributed by atoms with Crippen LogP contribution in [0.3, 0.4) is 0 Å². The van der Waals surface area contributed by atoms with E-state index in [9.17, 15) is 36.3 Å². The normalized spacial score (nSPS) is 21.1. The molecule has 0 aliphatic carbocycles. The van der Waals surface area contributed by atoms with Gasteiger partial charge in [-0.3, -0.25) is 4.79 Å². The highest BCUT2D eigenvalue weighted by atomic mass is 35.5. The van der Waals surface area contributed by atoms with Gasteiger partial charge >= 0.3 is 12.1 Å². The summed E-state index contributed by atoms with van der Waals surface area (Å²) in [7, 11) is -4.19. The monoisotopic (exact) mass is 485 g/mol. The summed E-state index contributed by atoms with van der Waals surface area (Å²) in [4.78, 5) is 24.9. The Labute approximate surface area is 183 Å². The second-order valence-electron chi connectivity index (χ2n) is 8.36. The lowest BCUT2D eigenvalue weighted by Crippen LogP contribution is -2.46. The fraction of sp³-hybridized carbons (Fsp3) is 0.579. The van der Waals surface area contributed by atoms with Crippen molar-refractivity contribution in [3.8, 4) is 5.75 Å². The smallest absolute Gasteiger partial charge is 0.425 e. The average Bonchev–Trinajstić information content (AvgIpc) is 3.05.